The maximum atomic E-state index is 13.3. The number of aromatic nitrogens is 4. The topological polar surface area (TPSA) is 72.7 Å². The summed E-state index contributed by atoms with van der Waals surface area (Å²) in [5.41, 5.74) is 0.517. The van der Waals surface area contributed by atoms with Gasteiger partial charge in [0.2, 0.25) is 11.1 Å². The molecule has 6 nitrogen and oxygen atoms in total. The molecule has 1 aromatic heterocycles. The average Bonchev–Trinajstić information content (AvgIpc) is 2.93. The highest BCUT2D eigenvalue weighted by atomic mass is 32.2. The predicted octanol–water partition coefficient (Wildman–Crippen LogP) is 2.05. The maximum Gasteiger partial charge on any atom is 0.230 e. The van der Waals surface area contributed by atoms with Gasteiger partial charge in [0.25, 0.3) is 0 Å². The molecule has 0 fully saturated rings. The quantitative estimate of drug-likeness (QED) is 0.824. The highest BCUT2D eigenvalue weighted by molar-refractivity contribution is 7.99. The van der Waals surface area contributed by atoms with Crippen LogP contribution in [0, 0.1) is 11.7 Å². The number of rotatable bonds is 6. The third-order valence-corrected chi connectivity index (χ3v) is 4.13. The van der Waals surface area contributed by atoms with Crippen LogP contribution in [-0.4, -0.2) is 37.9 Å². The Morgan fingerprint density at radius 3 is 2.86 bits per heavy atom. The van der Waals surface area contributed by atoms with E-state index < -0.39 is 0 Å². The van der Waals surface area contributed by atoms with E-state index >= 15 is 0 Å². The number of benzene rings is 1. The monoisotopic (exact) mass is 323 g/mol. The van der Waals surface area contributed by atoms with Crippen molar-refractivity contribution in [3.05, 3.63) is 30.1 Å². The van der Waals surface area contributed by atoms with Gasteiger partial charge in [0.15, 0.2) is 0 Å². The van der Waals surface area contributed by atoms with Gasteiger partial charge in [0.1, 0.15) is 5.82 Å². The number of halogens is 1. The van der Waals surface area contributed by atoms with E-state index in [0.717, 1.165) is 0 Å². The van der Waals surface area contributed by atoms with E-state index in [9.17, 15) is 9.18 Å². The van der Waals surface area contributed by atoms with E-state index in [1.165, 1.54) is 28.6 Å². The predicted molar refractivity (Wildman–Crippen MR) is 82.3 cm³/mol. The number of carbonyl (C=O) groups is 1. The van der Waals surface area contributed by atoms with Crippen LogP contribution in [0.2, 0.25) is 0 Å². The first-order valence-corrected chi connectivity index (χ1v) is 7.92. The van der Waals surface area contributed by atoms with Gasteiger partial charge >= 0.3 is 0 Å². The molecule has 1 N–H and O–H groups in total. The lowest BCUT2D eigenvalue weighted by molar-refractivity contribution is -0.119. The van der Waals surface area contributed by atoms with Crippen LogP contribution in [0.5, 0.6) is 0 Å². The molecule has 0 radical (unpaired) electrons. The van der Waals surface area contributed by atoms with E-state index in [0.29, 0.717) is 16.8 Å². The lowest BCUT2D eigenvalue weighted by atomic mass is 10.1. The van der Waals surface area contributed by atoms with Crippen LogP contribution < -0.4 is 5.32 Å². The molecule has 0 saturated carbocycles. The summed E-state index contributed by atoms with van der Waals surface area (Å²) in [5, 5.41) is 14.6. The first-order valence-electron chi connectivity index (χ1n) is 6.94. The first-order chi connectivity index (χ1) is 10.5. The van der Waals surface area contributed by atoms with Gasteiger partial charge in [0, 0.05) is 6.04 Å². The van der Waals surface area contributed by atoms with E-state index in [1.54, 1.807) is 12.1 Å². The van der Waals surface area contributed by atoms with Crippen LogP contribution >= 0.6 is 11.8 Å². The summed E-state index contributed by atoms with van der Waals surface area (Å²) in [6.07, 6.45) is 0. The number of nitrogens with zero attached hydrogens (tertiary/aromatic N) is 4. The zero-order chi connectivity index (χ0) is 16.1. The van der Waals surface area contributed by atoms with Gasteiger partial charge in [-0.25, -0.2) is 4.39 Å². The highest BCUT2D eigenvalue weighted by Gasteiger charge is 2.14. The van der Waals surface area contributed by atoms with E-state index in [1.807, 2.05) is 20.8 Å². The van der Waals surface area contributed by atoms with Crippen molar-refractivity contribution >= 4 is 17.7 Å². The SMILES string of the molecule is CC(C)C(C)NC(=O)CSc1nnnn1-c1cccc(F)c1. The molecule has 1 aromatic carbocycles. The maximum absolute atomic E-state index is 13.3. The minimum atomic E-state index is -0.368. The Bertz CT molecular complexity index is 646. The second kappa shape index (κ2) is 7.35. The number of nitrogens with one attached hydrogen (secondary N) is 1. The Hall–Kier alpha value is -1.96. The van der Waals surface area contributed by atoms with Crippen molar-refractivity contribution in [2.45, 2.75) is 32.0 Å². The molecular formula is C14H18FN5OS. The minimum Gasteiger partial charge on any atom is -0.353 e. The second-order valence-corrected chi connectivity index (χ2v) is 6.18. The fourth-order valence-corrected chi connectivity index (χ4v) is 2.33. The fraction of sp³-hybridized carbons (Fsp3) is 0.429. The molecular weight excluding hydrogens is 305 g/mol. The Balaban J connectivity index is 2.00. The third-order valence-electron chi connectivity index (χ3n) is 3.21. The third kappa shape index (κ3) is 4.27. The largest absolute Gasteiger partial charge is 0.353 e. The molecule has 1 unspecified atom stereocenters. The second-order valence-electron chi connectivity index (χ2n) is 5.24. The molecule has 0 aliphatic heterocycles. The standard InChI is InChI=1S/C14H18FN5OS/c1-9(2)10(3)16-13(21)8-22-14-17-18-19-20(14)12-6-4-5-11(15)7-12/h4-7,9-10H,8H2,1-3H3,(H,16,21). The molecule has 0 spiro atoms. The van der Waals surface area contributed by atoms with Crippen LogP contribution in [0.25, 0.3) is 5.69 Å². The minimum absolute atomic E-state index is 0.0833. The smallest absolute Gasteiger partial charge is 0.230 e. The Labute approximate surface area is 132 Å². The van der Waals surface area contributed by atoms with Gasteiger partial charge in [-0.1, -0.05) is 31.7 Å². The van der Waals surface area contributed by atoms with Gasteiger partial charge in [0.05, 0.1) is 11.4 Å². The summed E-state index contributed by atoms with van der Waals surface area (Å²) in [4.78, 5) is 11.9. The van der Waals surface area contributed by atoms with Crippen LogP contribution in [0.15, 0.2) is 29.4 Å². The molecule has 8 heteroatoms. The van der Waals surface area contributed by atoms with Crippen molar-refractivity contribution < 1.29 is 9.18 Å². The van der Waals surface area contributed by atoms with Crippen LogP contribution in [0.1, 0.15) is 20.8 Å². The molecule has 2 rings (SSSR count). The van der Waals surface area contributed by atoms with Crippen molar-refractivity contribution in [3.8, 4) is 5.69 Å². The lowest BCUT2D eigenvalue weighted by Gasteiger charge is -2.17. The number of tetrazole rings is 1. The van der Waals surface area contributed by atoms with Crippen molar-refractivity contribution in [2.24, 2.45) is 5.92 Å². The number of amides is 1. The summed E-state index contributed by atoms with van der Waals surface area (Å²) in [5.74, 6) is 0.117. The summed E-state index contributed by atoms with van der Waals surface area (Å²) in [6.45, 7) is 6.05. The lowest BCUT2D eigenvalue weighted by Crippen LogP contribution is -2.37. The van der Waals surface area contributed by atoms with Crippen molar-refractivity contribution in [2.75, 3.05) is 5.75 Å². The fourth-order valence-electron chi connectivity index (χ4n) is 1.63. The van der Waals surface area contributed by atoms with Crippen LogP contribution in [0.4, 0.5) is 4.39 Å². The summed E-state index contributed by atoms with van der Waals surface area (Å²) in [6, 6.07) is 6.07. The molecule has 1 amide bonds. The number of thioether (sulfide) groups is 1. The number of hydrogen-bond acceptors (Lipinski definition) is 5. The van der Waals surface area contributed by atoms with E-state index in [-0.39, 0.29) is 23.5 Å². The van der Waals surface area contributed by atoms with Gasteiger partial charge in [-0.3, -0.25) is 4.79 Å². The Morgan fingerprint density at radius 2 is 2.18 bits per heavy atom. The van der Waals surface area contributed by atoms with Crippen LogP contribution in [0.3, 0.4) is 0 Å². The van der Waals surface area contributed by atoms with Crippen LogP contribution in [-0.2, 0) is 4.79 Å². The highest BCUT2D eigenvalue weighted by Crippen LogP contribution is 2.18. The summed E-state index contributed by atoms with van der Waals surface area (Å²) >= 11 is 1.21. The Kier molecular flexibility index (Phi) is 5.48. The normalized spacial score (nSPS) is 12.4. The van der Waals surface area contributed by atoms with Gasteiger partial charge in [-0.2, -0.15) is 4.68 Å². The van der Waals surface area contributed by atoms with Gasteiger partial charge in [-0.15, -0.1) is 5.10 Å². The molecule has 1 heterocycles. The summed E-state index contributed by atoms with van der Waals surface area (Å²) < 4.78 is 14.7. The molecule has 1 atom stereocenters. The Morgan fingerprint density at radius 1 is 1.41 bits per heavy atom. The molecule has 0 saturated heterocycles. The van der Waals surface area contributed by atoms with Gasteiger partial charge in [-0.05, 0) is 41.5 Å². The zero-order valence-corrected chi connectivity index (χ0v) is 13.5. The molecule has 118 valence electrons. The zero-order valence-electron chi connectivity index (χ0n) is 12.7. The van der Waals surface area contributed by atoms with E-state index in [4.69, 9.17) is 0 Å². The molecule has 0 bridgehead atoms. The number of hydrogen-bond donors (Lipinski definition) is 1. The van der Waals surface area contributed by atoms with E-state index in [2.05, 4.69) is 20.8 Å². The van der Waals surface area contributed by atoms with Crippen molar-refractivity contribution in [1.29, 1.82) is 0 Å². The van der Waals surface area contributed by atoms with Gasteiger partial charge < -0.3 is 5.32 Å². The summed E-state index contributed by atoms with van der Waals surface area (Å²) in [7, 11) is 0. The first kappa shape index (κ1) is 16.4. The molecule has 0 aliphatic carbocycles. The average molecular weight is 323 g/mol. The van der Waals surface area contributed by atoms with Crippen molar-refractivity contribution in [3.63, 3.8) is 0 Å². The molecule has 0 aliphatic rings. The molecule has 22 heavy (non-hydrogen) atoms. The van der Waals surface area contributed by atoms with Crippen molar-refractivity contribution in [1.82, 2.24) is 25.5 Å². The molecule has 2 aromatic rings. The number of carbonyl (C=O) groups excluding carboxylic acids is 1.